The highest BCUT2D eigenvalue weighted by atomic mass is 16.4. The Balaban J connectivity index is 1.73. The van der Waals surface area contributed by atoms with Crippen molar-refractivity contribution in [2.75, 3.05) is 0 Å². The summed E-state index contributed by atoms with van der Waals surface area (Å²) < 4.78 is 0. The van der Waals surface area contributed by atoms with Gasteiger partial charge in [0.25, 0.3) is 0 Å². The van der Waals surface area contributed by atoms with Crippen LogP contribution >= 0.6 is 0 Å². The normalized spacial score (nSPS) is 18.3. The van der Waals surface area contributed by atoms with Crippen LogP contribution in [-0.2, 0) is 27.3 Å². The molecule has 0 radical (unpaired) electrons. The predicted octanol–water partition coefficient (Wildman–Crippen LogP) is 1.35. The average molecular weight is 396 g/mol. The molecule has 1 aliphatic heterocycles. The number of nitrogens with one attached hydrogen (secondary N) is 1. The first-order valence-electron chi connectivity index (χ1n) is 9.54. The van der Waals surface area contributed by atoms with Crippen molar-refractivity contribution in [1.82, 2.24) is 10.2 Å². The maximum absolute atomic E-state index is 12.9. The van der Waals surface area contributed by atoms with Gasteiger partial charge in [0.15, 0.2) is 6.10 Å². The highest BCUT2D eigenvalue weighted by Gasteiger charge is 2.38. The van der Waals surface area contributed by atoms with E-state index in [2.05, 4.69) is 5.32 Å². The second-order valence-electron chi connectivity index (χ2n) is 7.15. The molecule has 1 heterocycles. The van der Waals surface area contributed by atoms with Gasteiger partial charge in [-0.2, -0.15) is 0 Å². The van der Waals surface area contributed by atoms with Gasteiger partial charge >= 0.3 is 5.97 Å². The van der Waals surface area contributed by atoms with Crippen LogP contribution in [0.2, 0.25) is 0 Å². The predicted molar refractivity (Wildman–Crippen MR) is 106 cm³/mol. The SMILES string of the molecule is O=C(O)C(O)C(Cc1ccccc1)NC(=O)C1CCC(=O)N1Cc1ccccc1. The highest BCUT2D eigenvalue weighted by molar-refractivity contribution is 5.91. The molecule has 29 heavy (non-hydrogen) atoms. The van der Waals surface area contributed by atoms with Crippen molar-refractivity contribution >= 4 is 17.8 Å². The van der Waals surface area contributed by atoms with Gasteiger partial charge in [-0.3, -0.25) is 9.59 Å². The number of rotatable bonds is 8. The third-order valence-electron chi connectivity index (χ3n) is 5.09. The maximum Gasteiger partial charge on any atom is 0.334 e. The topological polar surface area (TPSA) is 107 Å². The van der Waals surface area contributed by atoms with Crippen molar-refractivity contribution in [3.8, 4) is 0 Å². The van der Waals surface area contributed by atoms with E-state index in [0.29, 0.717) is 13.0 Å². The summed E-state index contributed by atoms with van der Waals surface area (Å²) in [6, 6.07) is 16.7. The molecule has 0 aromatic heterocycles. The maximum atomic E-state index is 12.9. The van der Waals surface area contributed by atoms with Crippen LogP contribution < -0.4 is 5.32 Å². The fourth-order valence-electron chi connectivity index (χ4n) is 3.55. The van der Waals surface area contributed by atoms with Crippen LogP contribution in [0.5, 0.6) is 0 Å². The van der Waals surface area contributed by atoms with Crippen molar-refractivity contribution in [2.45, 2.75) is 44.0 Å². The standard InChI is InChI=1S/C22H24N2O5/c25-19-12-11-18(24(19)14-16-9-5-2-6-10-16)21(27)23-17(20(26)22(28)29)13-15-7-3-1-4-8-15/h1-10,17-18,20,26H,11-14H2,(H,23,27)(H,28,29). The van der Waals surface area contributed by atoms with E-state index < -0.39 is 30.1 Å². The first-order valence-corrected chi connectivity index (χ1v) is 9.54. The second kappa shape index (κ2) is 9.34. The largest absolute Gasteiger partial charge is 0.479 e. The van der Waals surface area contributed by atoms with Gasteiger partial charge in [-0.05, 0) is 24.0 Å². The molecule has 0 spiro atoms. The van der Waals surface area contributed by atoms with Crippen LogP contribution in [-0.4, -0.2) is 51.1 Å². The smallest absolute Gasteiger partial charge is 0.334 e. The van der Waals surface area contributed by atoms with Gasteiger partial charge in [-0.15, -0.1) is 0 Å². The third-order valence-corrected chi connectivity index (χ3v) is 5.09. The lowest BCUT2D eigenvalue weighted by molar-refractivity contribution is -0.149. The van der Waals surface area contributed by atoms with Crippen molar-refractivity contribution in [3.05, 3.63) is 71.8 Å². The number of aliphatic carboxylic acids is 1. The van der Waals surface area contributed by atoms with Crippen LogP contribution in [0.1, 0.15) is 24.0 Å². The number of hydrogen-bond acceptors (Lipinski definition) is 4. The van der Waals surface area contributed by atoms with E-state index in [1.807, 2.05) is 36.4 Å². The van der Waals surface area contributed by atoms with Gasteiger partial charge in [0.05, 0.1) is 6.04 Å². The molecule has 1 saturated heterocycles. The van der Waals surface area contributed by atoms with Gasteiger partial charge < -0.3 is 20.4 Å². The Kier molecular flexibility index (Phi) is 6.61. The summed E-state index contributed by atoms with van der Waals surface area (Å²) in [6.07, 6.45) is -0.965. The zero-order valence-corrected chi connectivity index (χ0v) is 15.9. The number of aliphatic hydroxyl groups excluding tert-OH is 1. The molecule has 3 atom stereocenters. The Hall–Kier alpha value is -3.19. The average Bonchev–Trinajstić information content (AvgIpc) is 3.08. The minimum absolute atomic E-state index is 0.118. The minimum Gasteiger partial charge on any atom is -0.479 e. The quantitative estimate of drug-likeness (QED) is 0.624. The van der Waals surface area contributed by atoms with Gasteiger partial charge in [-0.25, -0.2) is 4.79 Å². The van der Waals surface area contributed by atoms with E-state index in [4.69, 9.17) is 0 Å². The van der Waals surface area contributed by atoms with Crippen molar-refractivity contribution < 1.29 is 24.6 Å². The Bertz CT molecular complexity index is 856. The Labute approximate surface area is 169 Å². The van der Waals surface area contributed by atoms with Crippen LogP contribution in [0, 0.1) is 0 Å². The summed E-state index contributed by atoms with van der Waals surface area (Å²) in [5.74, 6) is -1.98. The number of carboxylic acids is 1. The summed E-state index contributed by atoms with van der Waals surface area (Å²) in [7, 11) is 0. The molecule has 2 aromatic carbocycles. The molecule has 2 aromatic rings. The van der Waals surface area contributed by atoms with Crippen LogP contribution in [0.4, 0.5) is 0 Å². The van der Waals surface area contributed by atoms with Crippen LogP contribution in [0.25, 0.3) is 0 Å². The van der Waals surface area contributed by atoms with E-state index in [0.717, 1.165) is 11.1 Å². The van der Waals surface area contributed by atoms with Crippen molar-refractivity contribution in [2.24, 2.45) is 0 Å². The third kappa shape index (κ3) is 5.20. The van der Waals surface area contributed by atoms with Crippen molar-refractivity contribution in [1.29, 1.82) is 0 Å². The summed E-state index contributed by atoms with van der Waals surface area (Å²) >= 11 is 0. The van der Waals surface area contributed by atoms with Gasteiger partial charge in [0.1, 0.15) is 6.04 Å². The molecule has 0 bridgehead atoms. The first kappa shape index (κ1) is 20.5. The molecule has 0 saturated carbocycles. The van der Waals surface area contributed by atoms with E-state index in [-0.39, 0.29) is 18.7 Å². The van der Waals surface area contributed by atoms with E-state index in [1.165, 1.54) is 4.90 Å². The molecule has 7 nitrogen and oxygen atoms in total. The fraction of sp³-hybridized carbons (Fsp3) is 0.318. The number of carbonyl (C=O) groups is 3. The van der Waals surface area contributed by atoms with Crippen molar-refractivity contribution in [3.63, 3.8) is 0 Å². The van der Waals surface area contributed by atoms with Gasteiger partial charge in [0.2, 0.25) is 11.8 Å². The molecule has 3 N–H and O–H groups in total. The molecule has 7 heteroatoms. The lowest BCUT2D eigenvalue weighted by Gasteiger charge is -2.28. The molecule has 3 rings (SSSR count). The zero-order valence-electron chi connectivity index (χ0n) is 15.9. The van der Waals surface area contributed by atoms with E-state index in [9.17, 15) is 24.6 Å². The summed E-state index contributed by atoms with van der Waals surface area (Å²) in [5.41, 5.74) is 1.70. The molecule has 152 valence electrons. The summed E-state index contributed by atoms with van der Waals surface area (Å²) in [6.45, 7) is 0.308. The summed E-state index contributed by atoms with van der Waals surface area (Å²) in [4.78, 5) is 38.1. The minimum atomic E-state index is -1.75. The zero-order chi connectivity index (χ0) is 20.8. The number of benzene rings is 2. The Morgan fingerprint density at radius 3 is 2.21 bits per heavy atom. The number of hydrogen-bond donors (Lipinski definition) is 3. The van der Waals surface area contributed by atoms with Gasteiger partial charge in [0, 0.05) is 13.0 Å². The number of likely N-dealkylation sites (tertiary alicyclic amines) is 1. The first-order chi connectivity index (χ1) is 14.0. The molecule has 0 aliphatic carbocycles. The number of carbonyl (C=O) groups excluding carboxylic acids is 2. The number of carboxylic acid groups (broad SMARTS) is 1. The highest BCUT2D eigenvalue weighted by Crippen LogP contribution is 2.22. The Morgan fingerprint density at radius 1 is 1.03 bits per heavy atom. The monoisotopic (exact) mass is 396 g/mol. The molecule has 1 fully saturated rings. The number of amides is 2. The van der Waals surface area contributed by atoms with Gasteiger partial charge in [-0.1, -0.05) is 60.7 Å². The second-order valence-corrected chi connectivity index (χ2v) is 7.15. The molecular weight excluding hydrogens is 372 g/mol. The lowest BCUT2D eigenvalue weighted by Crippen LogP contribution is -2.53. The van der Waals surface area contributed by atoms with Crippen LogP contribution in [0.15, 0.2) is 60.7 Å². The lowest BCUT2D eigenvalue weighted by atomic mass is 10.0. The number of aliphatic hydroxyl groups is 1. The van der Waals surface area contributed by atoms with E-state index >= 15 is 0 Å². The van der Waals surface area contributed by atoms with Crippen LogP contribution in [0.3, 0.4) is 0 Å². The fourth-order valence-corrected chi connectivity index (χ4v) is 3.55. The van der Waals surface area contributed by atoms with E-state index in [1.54, 1.807) is 24.3 Å². The molecule has 2 amide bonds. The number of nitrogens with zero attached hydrogens (tertiary/aromatic N) is 1. The molecular formula is C22H24N2O5. The molecule has 3 unspecified atom stereocenters. The summed E-state index contributed by atoms with van der Waals surface area (Å²) in [5, 5.41) is 22.0. The Morgan fingerprint density at radius 2 is 1.62 bits per heavy atom. The molecule has 1 aliphatic rings.